The molecule has 1 aliphatic rings. The summed E-state index contributed by atoms with van der Waals surface area (Å²) in [6, 6.07) is 0. The molecule has 0 radical (unpaired) electrons. The van der Waals surface area contributed by atoms with Crippen molar-refractivity contribution in [2.45, 2.75) is 35.6 Å². The van der Waals surface area contributed by atoms with Crippen LogP contribution in [0.2, 0.25) is 0 Å². The number of carboxylic acid groups (broad SMARTS) is 1. The Hall–Kier alpha value is -0.560. The van der Waals surface area contributed by atoms with Crippen LogP contribution in [0.4, 0.5) is 0 Å². The minimum absolute atomic E-state index is 0.0341. The van der Waals surface area contributed by atoms with Crippen LogP contribution in [0.25, 0.3) is 0 Å². The van der Waals surface area contributed by atoms with E-state index in [1.165, 1.54) is 23.1 Å². The van der Waals surface area contributed by atoms with Crippen LogP contribution in [0.3, 0.4) is 0 Å². The number of carbonyl (C=O) groups is 1. The van der Waals surface area contributed by atoms with Gasteiger partial charge in [0.05, 0.1) is 6.10 Å². The standard InChI is InChI=1S/C14H18ClNO3S2/c1-7(2)12-8(9(15)5-11(12)17)3-4-20-14-16-10(6-21-14)13(18)19/h6,8-9,11-12,17H,1,3-5H2,2H3,(H,18,19)/t8-,9+,11+,12+/m0/s1. The molecule has 0 unspecified atom stereocenters. The van der Waals surface area contributed by atoms with Crippen LogP contribution in [0.5, 0.6) is 0 Å². The maximum absolute atomic E-state index is 10.8. The molecule has 0 bridgehead atoms. The summed E-state index contributed by atoms with van der Waals surface area (Å²) in [4.78, 5) is 14.8. The third-order valence-corrected chi connectivity index (χ3v) is 6.31. The molecule has 4 atom stereocenters. The summed E-state index contributed by atoms with van der Waals surface area (Å²) in [5, 5.41) is 20.4. The van der Waals surface area contributed by atoms with Crippen LogP contribution < -0.4 is 0 Å². The highest BCUT2D eigenvalue weighted by atomic mass is 35.5. The number of alkyl halides is 1. The SMILES string of the molecule is C=C(C)[C@@H]1[C@@H](CCSc2nc(C(=O)O)cs2)[C@H](Cl)C[C@H]1O. The largest absolute Gasteiger partial charge is 0.476 e. The van der Waals surface area contributed by atoms with Gasteiger partial charge in [0.2, 0.25) is 0 Å². The lowest BCUT2D eigenvalue weighted by atomic mass is 9.87. The van der Waals surface area contributed by atoms with Gasteiger partial charge in [0.25, 0.3) is 0 Å². The summed E-state index contributed by atoms with van der Waals surface area (Å²) in [5.41, 5.74) is 1.07. The zero-order valence-corrected chi connectivity index (χ0v) is 14.0. The second-order valence-electron chi connectivity index (χ2n) is 5.30. The highest BCUT2D eigenvalue weighted by molar-refractivity contribution is 8.01. The lowest BCUT2D eigenvalue weighted by molar-refractivity contribution is 0.0691. The van der Waals surface area contributed by atoms with Crippen LogP contribution in [0.1, 0.15) is 30.3 Å². The monoisotopic (exact) mass is 347 g/mol. The molecule has 2 N–H and O–H groups in total. The van der Waals surface area contributed by atoms with Gasteiger partial charge < -0.3 is 10.2 Å². The van der Waals surface area contributed by atoms with E-state index >= 15 is 0 Å². The topological polar surface area (TPSA) is 70.4 Å². The maximum atomic E-state index is 10.8. The number of thiazole rings is 1. The molecule has 0 spiro atoms. The van der Waals surface area contributed by atoms with Crippen molar-refractivity contribution < 1.29 is 15.0 Å². The summed E-state index contributed by atoms with van der Waals surface area (Å²) in [5.74, 6) is 0.0708. The molecule has 1 saturated carbocycles. The van der Waals surface area contributed by atoms with Gasteiger partial charge in [0.1, 0.15) is 0 Å². The maximum Gasteiger partial charge on any atom is 0.355 e. The molecule has 2 rings (SSSR count). The highest BCUT2D eigenvalue weighted by Crippen LogP contribution is 2.42. The van der Waals surface area contributed by atoms with Crippen molar-refractivity contribution in [2.24, 2.45) is 11.8 Å². The number of aromatic nitrogens is 1. The van der Waals surface area contributed by atoms with Crippen molar-refractivity contribution in [2.75, 3.05) is 5.75 Å². The third-order valence-electron chi connectivity index (χ3n) is 3.76. The molecule has 21 heavy (non-hydrogen) atoms. The lowest BCUT2D eigenvalue weighted by Gasteiger charge is -2.23. The van der Waals surface area contributed by atoms with Crippen molar-refractivity contribution in [1.29, 1.82) is 0 Å². The number of hydrogen-bond acceptors (Lipinski definition) is 5. The Morgan fingerprint density at radius 3 is 2.95 bits per heavy atom. The summed E-state index contributed by atoms with van der Waals surface area (Å²) < 4.78 is 0.754. The van der Waals surface area contributed by atoms with Crippen LogP contribution in [0.15, 0.2) is 21.9 Å². The van der Waals surface area contributed by atoms with E-state index in [-0.39, 0.29) is 22.9 Å². The molecule has 7 heteroatoms. The number of aliphatic hydroxyl groups excluding tert-OH is 1. The molecule has 4 nitrogen and oxygen atoms in total. The van der Waals surface area contributed by atoms with Gasteiger partial charge in [-0.25, -0.2) is 9.78 Å². The Kier molecular flexibility index (Phi) is 5.71. The van der Waals surface area contributed by atoms with Crippen LogP contribution in [0, 0.1) is 11.8 Å². The summed E-state index contributed by atoms with van der Waals surface area (Å²) in [7, 11) is 0. The first kappa shape index (κ1) is 16.8. The van der Waals surface area contributed by atoms with E-state index in [1.54, 1.807) is 5.38 Å². The Bertz CT molecular complexity index is 534. The second-order valence-corrected chi connectivity index (χ2v) is 8.06. The number of carboxylic acids is 1. The van der Waals surface area contributed by atoms with Crippen LogP contribution in [-0.2, 0) is 0 Å². The van der Waals surface area contributed by atoms with E-state index < -0.39 is 12.1 Å². The average Bonchev–Trinajstić information content (AvgIpc) is 2.95. The molecule has 1 aromatic heterocycles. The molecule has 0 saturated heterocycles. The summed E-state index contributed by atoms with van der Waals surface area (Å²) in [6.45, 7) is 5.89. The fourth-order valence-corrected chi connectivity index (χ4v) is 5.20. The van der Waals surface area contributed by atoms with E-state index in [4.69, 9.17) is 16.7 Å². The summed E-state index contributed by atoms with van der Waals surface area (Å²) in [6.07, 6.45) is 1.06. The number of aromatic carboxylic acids is 1. The number of thioether (sulfide) groups is 1. The predicted molar refractivity (Wildman–Crippen MR) is 86.5 cm³/mol. The van der Waals surface area contributed by atoms with Crippen molar-refractivity contribution in [3.05, 3.63) is 23.2 Å². The van der Waals surface area contributed by atoms with Crippen LogP contribution in [-0.4, -0.2) is 38.4 Å². The fraction of sp³-hybridized carbons (Fsp3) is 0.571. The first-order valence-corrected chi connectivity index (χ1v) is 8.99. The smallest absolute Gasteiger partial charge is 0.355 e. The first-order chi connectivity index (χ1) is 9.90. The van der Waals surface area contributed by atoms with Gasteiger partial charge in [-0.1, -0.05) is 23.9 Å². The normalized spacial score (nSPS) is 28.7. The Balaban J connectivity index is 1.89. The van der Waals surface area contributed by atoms with Crippen LogP contribution >= 0.6 is 34.7 Å². The molecule has 1 aliphatic carbocycles. The molecule has 116 valence electrons. The number of nitrogens with zero attached hydrogens (tertiary/aromatic N) is 1. The van der Waals surface area contributed by atoms with Gasteiger partial charge in [0.15, 0.2) is 10.0 Å². The Morgan fingerprint density at radius 1 is 1.67 bits per heavy atom. The zero-order valence-electron chi connectivity index (χ0n) is 11.7. The lowest BCUT2D eigenvalue weighted by Crippen LogP contribution is -2.22. The van der Waals surface area contributed by atoms with Gasteiger partial charge >= 0.3 is 5.97 Å². The van der Waals surface area contributed by atoms with E-state index in [2.05, 4.69) is 11.6 Å². The van der Waals surface area contributed by atoms with E-state index in [1.807, 2.05) is 6.92 Å². The number of halogens is 1. The molecular formula is C14H18ClNO3S2. The van der Waals surface area contributed by atoms with Gasteiger partial charge in [-0.05, 0) is 25.7 Å². The van der Waals surface area contributed by atoms with Gasteiger partial charge in [-0.2, -0.15) is 0 Å². The van der Waals surface area contributed by atoms with E-state index in [9.17, 15) is 9.90 Å². The van der Waals surface area contributed by atoms with Gasteiger partial charge in [0, 0.05) is 22.4 Å². The molecule has 1 heterocycles. The van der Waals surface area contributed by atoms with Crippen molar-refractivity contribution in [3.63, 3.8) is 0 Å². The zero-order chi connectivity index (χ0) is 15.6. The van der Waals surface area contributed by atoms with Gasteiger partial charge in [-0.15, -0.1) is 22.9 Å². The third kappa shape index (κ3) is 4.00. The highest BCUT2D eigenvalue weighted by Gasteiger charge is 2.41. The number of hydrogen-bond donors (Lipinski definition) is 2. The second kappa shape index (κ2) is 7.13. The fourth-order valence-electron chi connectivity index (χ4n) is 2.82. The minimum Gasteiger partial charge on any atom is -0.476 e. The predicted octanol–water partition coefficient (Wildman–Crippen LogP) is 3.50. The van der Waals surface area contributed by atoms with Gasteiger partial charge in [-0.3, -0.25) is 0 Å². The summed E-state index contributed by atoms with van der Waals surface area (Å²) >= 11 is 9.21. The molecular weight excluding hydrogens is 330 g/mol. The first-order valence-electron chi connectivity index (χ1n) is 6.69. The van der Waals surface area contributed by atoms with Crippen molar-refractivity contribution in [3.8, 4) is 0 Å². The molecule has 0 amide bonds. The molecule has 1 fully saturated rings. The average molecular weight is 348 g/mol. The van der Waals surface area contributed by atoms with Crippen molar-refractivity contribution in [1.82, 2.24) is 4.98 Å². The molecule has 0 aliphatic heterocycles. The molecule has 0 aromatic carbocycles. The quantitative estimate of drug-likeness (QED) is 0.468. The minimum atomic E-state index is -1.000. The van der Waals surface area contributed by atoms with E-state index in [0.29, 0.717) is 6.42 Å². The van der Waals surface area contributed by atoms with Crippen molar-refractivity contribution >= 4 is 40.7 Å². The Labute approximate surface area is 137 Å². The Morgan fingerprint density at radius 2 is 2.38 bits per heavy atom. The number of aliphatic hydroxyl groups is 1. The van der Waals surface area contributed by atoms with E-state index in [0.717, 1.165) is 22.1 Å². The number of rotatable bonds is 6. The molecule has 1 aromatic rings.